The zero-order valence-electron chi connectivity index (χ0n) is 14.7. The van der Waals surface area contributed by atoms with Crippen molar-refractivity contribution >= 4 is 23.2 Å². The Morgan fingerprint density at radius 1 is 1.16 bits per heavy atom. The first-order chi connectivity index (χ1) is 12.0. The maximum atomic E-state index is 12.6. The number of aryl methyl sites for hydroxylation is 2. The second-order valence-corrected chi connectivity index (χ2v) is 6.44. The van der Waals surface area contributed by atoms with Gasteiger partial charge in [-0.05, 0) is 49.2 Å². The van der Waals surface area contributed by atoms with E-state index in [1.165, 1.54) is 0 Å². The van der Waals surface area contributed by atoms with Gasteiger partial charge in [0.2, 0.25) is 11.8 Å². The number of hydrogen-bond donors (Lipinski definition) is 1. The predicted molar refractivity (Wildman–Crippen MR) is 98.0 cm³/mol. The Labute approximate surface area is 147 Å². The first-order valence-corrected chi connectivity index (χ1v) is 8.30. The highest BCUT2D eigenvalue weighted by Crippen LogP contribution is 2.29. The Bertz CT molecular complexity index is 816. The molecule has 3 rings (SSSR count). The van der Waals surface area contributed by atoms with Crippen molar-refractivity contribution in [1.82, 2.24) is 0 Å². The van der Waals surface area contributed by atoms with Gasteiger partial charge in [-0.3, -0.25) is 9.59 Å². The second-order valence-electron chi connectivity index (χ2n) is 6.44. The molecule has 1 saturated heterocycles. The SMILES string of the molecule is COc1ccc(C)cc1NC(=O)C1CC(=O)N(c2cccc(C)c2)C1. The van der Waals surface area contributed by atoms with Crippen molar-refractivity contribution in [3.05, 3.63) is 53.6 Å². The number of nitrogens with one attached hydrogen (secondary N) is 1. The van der Waals surface area contributed by atoms with Crippen LogP contribution < -0.4 is 15.0 Å². The van der Waals surface area contributed by atoms with Crippen LogP contribution in [0.3, 0.4) is 0 Å². The molecule has 5 heteroatoms. The lowest BCUT2D eigenvalue weighted by Crippen LogP contribution is -2.28. The molecule has 1 aliphatic heterocycles. The molecule has 2 amide bonds. The summed E-state index contributed by atoms with van der Waals surface area (Å²) >= 11 is 0. The molecule has 1 N–H and O–H groups in total. The monoisotopic (exact) mass is 338 g/mol. The van der Waals surface area contributed by atoms with Crippen LogP contribution in [0.1, 0.15) is 17.5 Å². The molecule has 5 nitrogen and oxygen atoms in total. The van der Waals surface area contributed by atoms with E-state index in [-0.39, 0.29) is 24.2 Å². The number of carbonyl (C=O) groups is 2. The van der Waals surface area contributed by atoms with Gasteiger partial charge >= 0.3 is 0 Å². The van der Waals surface area contributed by atoms with Gasteiger partial charge in [-0.1, -0.05) is 18.2 Å². The Morgan fingerprint density at radius 3 is 2.64 bits per heavy atom. The lowest BCUT2D eigenvalue weighted by Gasteiger charge is -2.17. The van der Waals surface area contributed by atoms with E-state index >= 15 is 0 Å². The van der Waals surface area contributed by atoms with Crippen molar-refractivity contribution in [2.75, 3.05) is 23.9 Å². The van der Waals surface area contributed by atoms with Gasteiger partial charge < -0.3 is 15.0 Å². The van der Waals surface area contributed by atoms with E-state index in [2.05, 4.69) is 5.32 Å². The minimum atomic E-state index is -0.377. The molecule has 0 aromatic heterocycles. The summed E-state index contributed by atoms with van der Waals surface area (Å²) in [7, 11) is 1.57. The molecule has 0 spiro atoms. The molecule has 1 atom stereocenters. The molecule has 0 radical (unpaired) electrons. The van der Waals surface area contributed by atoms with Gasteiger partial charge in [0.15, 0.2) is 0 Å². The van der Waals surface area contributed by atoms with Gasteiger partial charge in [-0.25, -0.2) is 0 Å². The van der Waals surface area contributed by atoms with Crippen molar-refractivity contribution in [3.8, 4) is 5.75 Å². The van der Waals surface area contributed by atoms with Crippen LogP contribution in [0.5, 0.6) is 5.75 Å². The maximum absolute atomic E-state index is 12.6. The summed E-state index contributed by atoms with van der Waals surface area (Å²) in [6.07, 6.45) is 0.216. The number of anilines is 2. The van der Waals surface area contributed by atoms with Crippen molar-refractivity contribution < 1.29 is 14.3 Å². The number of amides is 2. The number of carbonyl (C=O) groups excluding carboxylic acids is 2. The van der Waals surface area contributed by atoms with Crippen LogP contribution in [-0.4, -0.2) is 25.5 Å². The molecular formula is C20H22N2O3. The number of ether oxygens (including phenoxy) is 1. The fraction of sp³-hybridized carbons (Fsp3) is 0.300. The minimum absolute atomic E-state index is 0.0260. The van der Waals surface area contributed by atoms with Crippen LogP contribution in [0.15, 0.2) is 42.5 Å². The highest BCUT2D eigenvalue weighted by Gasteiger charge is 2.35. The highest BCUT2D eigenvalue weighted by atomic mass is 16.5. The third-order valence-corrected chi connectivity index (χ3v) is 4.42. The molecule has 0 saturated carbocycles. The van der Waals surface area contributed by atoms with E-state index in [0.717, 1.165) is 16.8 Å². The minimum Gasteiger partial charge on any atom is -0.495 e. The quantitative estimate of drug-likeness (QED) is 0.930. The maximum Gasteiger partial charge on any atom is 0.229 e. The van der Waals surface area contributed by atoms with Gasteiger partial charge in [0.25, 0.3) is 0 Å². The van der Waals surface area contributed by atoms with Crippen LogP contribution in [0, 0.1) is 19.8 Å². The molecule has 0 bridgehead atoms. The Balaban J connectivity index is 1.74. The molecule has 2 aromatic rings. The first kappa shape index (κ1) is 17.0. The summed E-state index contributed by atoms with van der Waals surface area (Å²) in [5, 5.41) is 2.91. The molecule has 25 heavy (non-hydrogen) atoms. The van der Waals surface area contributed by atoms with Crippen molar-refractivity contribution in [1.29, 1.82) is 0 Å². The third-order valence-electron chi connectivity index (χ3n) is 4.42. The summed E-state index contributed by atoms with van der Waals surface area (Å²) in [6, 6.07) is 13.4. The number of hydrogen-bond acceptors (Lipinski definition) is 3. The zero-order chi connectivity index (χ0) is 18.0. The molecule has 2 aromatic carbocycles. The van der Waals surface area contributed by atoms with E-state index in [1.807, 2.05) is 56.3 Å². The van der Waals surface area contributed by atoms with E-state index in [4.69, 9.17) is 4.74 Å². The molecule has 1 fully saturated rings. The van der Waals surface area contributed by atoms with E-state index in [1.54, 1.807) is 12.0 Å². The fourth-order valence-electron chi connectivity index (χ4n) is 3.08. The summed E-state index contributed by atoms with van der Waals surface area (Å²) in [5.74, 6) is 0.0476. The Morgan fingerprint density at radius 2 is 1.92 bits per heavy atom. The van der Waals surface area contributed by atoms with Crippen LogP contribution >= 0.6 is 0 Å². The molecule has 1 unspecified atom stereocenters. The summed E-state index contributed by atoms with van der Waals surface area (Å²) < 4.78 is 5.30. The van der Waals surface area contributed by atoms with Crippen LogP contribution in [0.2, 0.25) is 0 Å². The standard InChI is InChI=1S/C20H22N2O3/c1-13-5-4-6-16(9-13)22-12-15(11-19(22)23)20(24)21-17-10-14(2)7-8-18(17)25-3/h4-10,15H,11-12H2,1-3H3,(H,21,24). The lowest BCUT2D eigenvalue weighted by molar-refractivity contribution is -0.122. The molecule has 1 aliphatic rings. The first-order valence-electron chi connectivity index (χ1n) is 8.30. The third kappa shape index (κ3) is 3.65. The largest absolute Gasteiger partial charge is 0.495 e. The Hall–Kier alpha value is -2.82. The van der Waals surface area contributed by atoms with Gasteiger partial charge in [-0.2, -0.15) is 0 Å². The topological polar surface area (TPSA) is 58.6 Å². The molecule has 1 heterocycles. The predicted octanol–water partition coefficient (Wildman–Crippen LogP) is 3.30. The van der Waals surface area contributed by atoms with Gasteiger partial charge in [0, 0.05) is 18.7 Å². The van der Waals surface area contributed by atoms with Crippen molar-refractivity contribution in [3.63, 3.8) is 0 Å². The van der Waals surface area contributed by atoms with Crippen molar-refractivity contribution in [2.24, 2.45) is 5.92 Å². The Kier molecular flexibility index (Phi) is 4.74. The molecule has 0 aliphatic carbocycles. The van der Waals surface area contributed by atoms with Gasteiger partial charge in [-0.15, -0.1) is 0 Å². The van der Waals surface area contributed by atoms with Crippen LogP contribution in [0.25, 0.3) is 0 Å². The van der Waals surface area contributed by atoms with Gasteiger partial charge in [0.1, 0.15) is 5.75 Å². The summed E-state index contributed by atoms with van der Waals surface area (Å²) in [6.45, 7) is 4.33. The number of methoxy groups -OCH3 is 1. The fourth-order valence-corrected chi connectivity index (χ4v) is 3.08. The van der Waals surface area contributed by atoms with Crippen LogP contribution in [-0.2, 0) is 9.59 Å². The average Bonchev–Trinajstić information content (AvgIpc) is 2.97. The van der Waals surface area contributed by atoms with E-state index in [0.29, 0.717) is 18.0 Å². The van der Waals surface area contributed by atoms with E-state index < -0.39 is 0 Å². The van der Waals surface area contributed by atoms with Crippen molar-refractivity contribution in [2.45, 2.75) is 20.3 Å². The molecular weight excluding hydrogens is 316 g/mol. The number of rotatable bonds is 4. The highest BCUT2D eigenvalue weighted by molar-refractivity contribution is 6.04. The summed E-state index contributed by atoms with van der Waals surface area (Å²) in [4.78, 5) is 26.7. The van der Waals surface area contributed by atoms with Gasteiger partial charge in [0.05, 0.1) is 18.7 Å². The molecule has 130 valence electrons. The second kappa shape index (κ2) is 6.97. The zero-order valence-corrected chi connectivity index (χ0v) is 14.7. The number of nitrogens with zero attached hydrogens (tertiary/aromatic N) is 1. The average molecular weight is 338 g/mol. The number of benzene rings is 2. The smallest absolute Gasteiger partial charge is 0.229 e. The van der Waals surface area contributed by atoms with E-state index in [9.17, 15) is 9.59 Å². The normalized spacial score (nSPS) is 16.8. The summed E-state index contributed by atoms with van der Waals surface area (Å²) in [5.41, 5.74) is 3.59. The van der Waals surface area contributed by atoms with Crippen LogP contribution in [0.4, 0.5) is 11.4 Å². The lowest BCUT2D eigenvalue weighted by atomic mass is 10.1.